The highest BCUT2D eigenvalue weighted by molar-refractivity contribution is 5.70. The zero-order valence-corrected chi connectivity index (χ0v) is 12.4. The Labute approximate surface area is 130 Å². The summed E-state index contributed by atoms with van der Waals surface area (Å²) in [5, 5.41) is 0. The molecule has 0 aromatic heterocycles. The van der Waals surface area contributed by atoms with E-state index in [0.717, 1.165) is 11.1 Å². The van der Waals surface area contributed by atoms with Gasteiger partial charge in [0.05, 0.1) is 19.3 Å². The van der Waals surface area contributed by atoms with Gasteiger partial charge in [-0.2, -0.15) is 0 Å². The number of benzene rings is 2. The van der Waals surface area contributed by atoms with Crippen LogP contribution in [0.25, 0.3) is 0 Å². The van der Waals surface area contributed by atoms with E-state index >= 15 is 0 Å². The normalized spacial score (nSPS) is 17.5. The number of carbonyl (C=O) groups is 1. The van der Waals surface area contributed by atoms with Gasteiger partial charge in [0.2, 0.25) is 0 Å². The summed E-state index contributed by atoms with van der Waals surface area (Å²) in [5.74, 6) is 0. The van der Waals surface area contributed by atoms with Gasteiger partial charge < -0.3 is 9.47 Å². The average Bonchev–Trinajstić information content (AvgIpc) is 2.90. The molecule has 1 fully saturated rings. The molecule has 1 aliphatic rings. The fraction of sp³-hybridized carbons (Fsp3) is 0.278. The maximum absolute atomic E-state index is 11.9. The third kappa shape index (κ3) is 3.65. The molecular formula is C18H19NO3. The summed E-state index contributed by atoms with van der Waals surface area (Å²) in [6.07, 6.45) is -0.267. The fourth-order valence-electron chi connectivity index (χ4n) is 2.49. The Morgan fingerprint density at radius 2 is 1.64 bits per heavy atom. The van der Waals surface area contributed by atoms with E-state index < -0.39 is 0 Å². The largest absolute Gasteiger partial charge is 0.447 e. The van der Waals surface area contributed by atoms with Crippen LogP contribution >= 0.6 is 0 Å². The van der Waals surface area contributed by atoms with Crippen molar-refractivity contribution in [3.63, 3.8) is 0 Å². The van der Waals surface area contributed by atoms with E-state index in [1.165, 1.54) is 0 Å². The molecule has 2 aromatic rings. The zero-order valence-electron chi connectivity index (χ0n) is 12.4. The van der Waals surface area contributed by atoms with Crippen LogP contribution in [-0.2, 0) is 22.6 Å². The van der Waals surface area contributed by atoms with E-state index in [9.17, 15) is 4.79 Å². The molecule has 1 heterocycles. The second-order valence-electron chi connectivity index (χ2n) is 5.34. The van der Waals surface area contributed by atoms with Crippen molar-refractivity contribution in [3.05, 3.63) is 71.8 Å². The Hall–Kier alpha value is -2.33. The summed E-state index contributed by atoms with van der Waals surface area (Å²) in [5.41, 5.74) is 2.22. The lowest BCUT2D eigenvalue weighted by molar-refractivity contribution is 0.0737. The van der Waals surface area contributed by atoms with Crippen LogP contribution in [0.3, 0.4) is 0 Å². The maximum atomic E-state index is 11.9. The highest BCUT2D eigenvalue weighted by atomic mass is 16.6. The van der Waals surface area contributed by atoms with E-state index in [4.69, 9.17) is 9.47 Å². The molecule has 1 saturated heterocycles. The Kier molecular flexibility index (Phi) is 4.71. The van der Waals surface area contributed by atoms with Crippen LogP contribution < -0.4 is 0 Å². The van der Waals surface area contributed by atoms with E-state index in [1.54, 1.807) is 4.90 Å². The summed E-state index contributed by atoms with van der Waals surface area (Å²) < 4.78 is 10.9. The van der Waals surface area contributed by atoms with Crippen molar-refractivity contribution in [3.8, 4) is 0 Å². The van der Waals surface area contributed by atoms with Crippen LogP contribution in [0, 0.1) is 0 Å². The lowest BCUT2D eigenvalue weighted by Gasteiger charge is -2.21. The molecule has 3 rings (SSSR count). The Morgan fingerprint density at radius 3 is 2.32 bits per heavy atom. The first kappa shape index (κ1) is 14.6. The number of nitrogens with zero attached hydrogens (tertiary/aromatic N) is 1. The topological polar surface area (TPSA) is 38.8 Å². The standard InChI is InChI=1S/C18H19NO3/c20-18-19(11-15-7-3-1-4-8-15)17(14-22-18)13-21-12-16-9-5-2-6-10-16/h1-10,17H,11-14H2/t17-/m0/s1. The minimum Gasteiger partial charge on any atom is -0.447 e. The minimum absolute atomic E-state index is 0.0311. The molecule has 2 aromatic carbocycles. The summed E-state index contributed by atoms with van der Waals surface area (Å²) >= 11 is 0. The van der Waals surface area contributed by atoms with Crippen molar-refractivity contribution in [2.45, 2.75) is 19.2 Å². The monoisotopic (exact) mass is 297 g/mol. The average molecular weight is 297 g/mol. The molecule has 1 atom stereocenters. The number of amides is 1. The Balaban J connectivity index is 1.54. The van der Waals surface area contributed by atoms with Crippen molar-refractivity contribution in [2.24, 2.45) is 0 Å². The molecule has 0 saturated carbocycles. The van der Waals surface area contributed by atoms with Gasteiger partial charge in [0.25, 0.3) is 0 Å². The van der Waals surface area contributed by atoms with E-state index in [1.807, 2.05) is 60.7 Å². The van der Waals surface area contributed by atoms with Crippen molar-refractivity contribution in [1.82, 2.24) is 4.90 Å². The molecule has 22 heavy (non-hydrogen) atoms. The van der Waals surface area contributed by atoms with Gasteiger partial charge in [-0.15, -0.1) is 0 Å². The molecular weight excluding hydrogens is 278 g/mol. The molecule has 4 nitrogen and oxygen atoms in total. The number of hydrogen-bond acceptors (Lipinski definition) is 3. The van der Waals surface area contributed by atoms with Crippen LogP contribution in [0.2, 0.25) is 0 Å². The maximum Gasteiger partial charge on any atom is 0.410 e. The van der Waals surface area contributed by atoms with E-state index in [0.29, 0.717) is 26.4 Å². The van der Waals surface area contributed by atoms with Crippen LogP contribution in [-0.4, -0.2) is 30.2 Å². The molecule has 0 N–H and O–H groups in total. The third-order valence-corrected chi connectivity index (χ3v) is 3.69. The first-order valence-corrected chi connectivity index (χ1v) is 7.42. The molecule has 0 unspecified atom stereocenters. The van der Waals surface area contributed by atoms with Gasteiger partial charge in [0.1, 0.15) is 6.61 Å². The first-order chi connectivity index (χ1) is 10.8. The summed E-state index contributed by atoms with van der Waals surface area (Å²) in [6, 6.07) is 19.9. The Bertz CT molecular complexity index is 600. The quantitative estimate of drug-likeness (QED) is 0.821. The second kappa shape index (κ2) is 7.09. The molecule has 1 amide bonds. The van der Waals surface area contributed by atoms with E-state index in [-0.39, 0.29) is 12.1 Å². The van der Waals surface area contributed by atoms with Gasteiger partial charge in [-0.3, -0.25) is 4.90 Å². The summed E-state index contributed by atoms with van der Waals surface area (Å²) in [6.45, 7) is 1.97. The molecule has 0 aliphatic carbocycles. The lowest BCUT2D eigenvalue weighted by atomic mass is 10.2. The van der Waals surface area contributed by atoms with Gasteiger partial charge in [-0.25, -0.2) is 4.79 Å². The molecule has 0 bridgehead atoms. The number of rotatable bonds is 6. The number of ether oxygens (including phenoxy) is 2. The van der Waals surface area contributed by atoms with Crippen LogP contribution in [0.5, 0.6) is 0 Å². The minimum atomic E-state index is -0.267. The number of carbonyl (C=O) groups excluding carboxylic acids is 1. The molecule has 0 radical (unpaired) electrons. The third-order valence-electron chi connectivity index (χ3n) is 3.69. The van der Waals surface area contributed by atoms with Gasteiger partial charge in [0.15, 0.2) is 0 Å². The lowest BCUT2D eigenvalue weighted by Crippen LogP contribution is -2.36. The van der Waals surface area contributed by atoms with Crippen molar-refractivity contribution >= 4 is 6.09 Å². The van der Waals surface area contributed by atoms with Crippen molar-refractivity contribution < 1.29 is 14.3 Å². The van der Waals surface area contributed by atoms with Crippen molar-refractivity contribution in [1.29, 1.82) is 0 Å². The van der Waals surface area contributed by atoms with Gasteiger partial charge in [-0.1, -0.05) is 60.7 Å². The summed E-state index contributed by atoms with van der Waals surface area (Å²) in [4.78, 5) is 13.6. The van der Waals surface area contributed by atoms with Crippen LogP contribution in [0.15, 0.2) is 60.7 Å². The first-order valence-electron chi connectivity index (χ1n) is 7.42. The number of cyclic esters (lactones) is 1. The van der Waals surface area contributed by atoms with Crippen LogP contribution in [0.4, 0.5) is 4.79 Å². The van der Waals surface area contributed by atoms with Gasteiger partial charge in [0, 0.05) is 6.54 Å². The molecule has 114 valence electrons. The molecule has 4 heteroatoms. The Morgan fingerprint density at radius 1 is 1.00 bits per heavy atom. The molecule has 1 aliphatic heterocycles. The van der Waals surface area contributed by atoms with E-state index in [2.05, 4.69) is 0 Å². The SMILES string of the molecule is O=C1OC[C@H](COCc2ccccc2)N1Cc1ccccc1. The van der Waals surface area contributed by atoms with Crippen molar-refractivity contribution in [2.75, 3.05) is 13.2 Å². The fourth-order valence-corrected chi connectivity index (χ4v) is 2.49. The summed E-state index contributed by atoms with van der Waals surface area (Å²) in [7, 11) is 0. The number of hydrogen-bond donors (Lipinski definition) is 0. The molecule has 0 spiro atoms. The predicted octanol–water partition coefficient (Wildman–Crippen LogP) is 3.22. The van der Waals surface area contributed by atoms with Gasteiger partial charge >= 0.3 is 6.09 Å². The second-order valence-corrected chi connectivity index (χ2v) is 5.34. The predicted molar refractivity (Wildman–Crippen MR) is 83.2 cm³/mol. The zero-order chi connectivity index (χ0) is 15.2. The van der Waals surface area contributed by atoms with Crippen LogP contribution in [0.1, 0.15) is 11.1 Å². The smallest absolute Gasteiger partial charge is 0.410 e. The highest BCUT2D eigenvalue weighted by Gasteiger charge is 2.32. The van der Waals surface area contributed by atoms with Gasteiger partial charge in [-0.05, 0) is 11.1 Å². The highest BCUT2D eigenvalue weighted by Crippen LogP contribution is 2.17.